The molecule has 1 N–H and O–H groups in total. The minimum atomic E-state index is -1.36. The molecule has 77 heavy (non-hydrogen) atoms. The van der Waals surface area contributed by atoms with Crippen LogP contribution >= 0.6 is 0 Å². The molecule has 16 heteroatoms. The summed E-state index contributed by atoms with van der Waals surface area (Å²) >= 11 is 0. The maximum Gasteiger partial charge on any atom is 0.509 e. The molecular formula is C61H105NO15. The van der Waals surface area contributed by atoms with E-state index in [4.69, 9.17) is 52.1 Å². The number of unbranched alkanes of at least 4 members (excludes halogenated alkanes) is 23. The molecule has 1 aliphatic rings. The zero-order valence-electron chi connectivity index (χ0n) is 49.6. The number of hydrogen-bond acceptors (Lipinski definition) is 15. The fourth-order valence-electron chi connectivity index (χ4n) is 9.02. The molecule has 444 valence electrons. The number of benzene rings is 1. The van der Waals surface area contributed by atoms with Crippen molar-refractivity contribution < 1.29 is 71.3 Å². The zero-order chi connectivity index (χ0) is 56.7. The Hall–Kier alpha value is -3.80. The molecule has 0 aliphatic carbocycles. The number of esters is 1. The van der Waals surface area contributed by atoms with Crippen molar-refractivity contribution in [1.29, 1.82) is 0 Å². The number of carbonyl (C=O) groups is 4. The molecule has 0 saturated carbocycles. The minimum absolute atomic E-state index is 0.229. The third-order valence-corrected chi connectivity index (χ3v) is 13.1. The van der Waals surface area contributed by atoms with Crippen LogP contribution in [0.4, 0.5) is 9.59 Å². The predicted octanol–water partition coefficient (Wildman–Crippen LogP) is 14.4. The Morgan fingerprint density at radius 3 is 1.61 bits per heavy atom. The second kappa shape index (κ2) is 41.2. The van der Waals surface area contributed by atoms with Crippen LogP contribution in [0.2, 0.25) is 0 Å². The van der Waals surface area contributed by atoms with E-state index in [1.54, 1.807) is 65.8 Å². The molecule has 16 nitrogen and oxygen atoms in total. The number of rotatable bonds is 42. The first kappa shape index (κ1) is 69.3. The van der Waals surface area contributed by atoms with Gasteiger partial charge in [0.15, 0.2) is 12.4 Å². The highest BCUT2D eigenvalue weighted by Crippen LogP contribution is 2.32. The SMILES string of the molecule is CCCCCCCCCCCCC/C=C/[C@@H](OC(=O)c1ccccc1)[C@H](CO[C@@H]1O[C@H](COC(=O)OC(C)(C)C)[C@H](OC(=O)OC(C)(C)C)[C@H](OC(OC)OC)[C@H]1OC)NC(=O)CCCCCCCCCCCCCCC. The summed E-state index contributed by atoms with van der Waals surface area (Å²) in [6.45, 7) is 12.6. The van der Waals surface area contributed by atoms with Gasteiger partial charge in [-0.25, -0.2) is 14.4 Å². The summed E-state index contributed by atoms with van der Waals surface area (Å²) in [5.41, 5.74) is -1.47. The van der Waals surface area contributed by atoms with E-state index in [2.05, 4.69) is 19.2 Å². The first-order valence-corrected chi connectivity index (χ1v) is 29.4. The van der Waals surface area contributed by atoms with Gasteiger partial charge in [-0.05, 0) is 79.0 Å². The van der Waals surface area contributed by atoms with Gasteiger partial charge >= 0.3 is 18.3 Å². The standard InChI is InChI=1S/C61H105NO15/c1-12-14-16-18-20-22-24-26-28-30-32-34-39-43-49(72-55(64)47-41-37-36-38-42-47)48(62-51(63)44-40-35-33-31-29-27-25-23-21-19-17-15-13-2)45-70-56-54(67-9)53(75-59(68-10)69-11)52(74-58(66)77-61(6,7)8)50(73-56)46-71-57(65)76-60(3,4)5/h36-39,41-43,48-50,52-54,56,59H,12-35,40,44-46H2,1-11H3,(H,62,63)/b43-39+/t48-,49+,50+,52-,53-,54+,56+/m0/s1. The van der Waals surface area contributed by atoms with Crippen molar-refractivity contribution in [3.8, 4) is 0 Å². The van der Waals surface area contributed by atoms with E-state index in [-0.39, 0.29) is 18.9 Å². The molecule has 1 saturated heterocycles. The molecule has 1 fully saturated rings. The molecular weight excluding hydrogens is 987 g/mol. The Morgan fingerprint density at radius 2 is 1.12 bits per heavy atom. The van der Waals surface area contributed by atoms with Crippen molar-refractivity contribution in [1.82, 2.24) is 5.32 Å². The van der Waals surface area contributed by atoms with Crippen molar-refractivity contribution in [2.75, 3.05) is 34.5 Å². The van der Waals surface area contributed by atoms with Gasteiger partial charge in [-0.3, -0.25) is 4.79 Å². The van der Waals surface area contributed by atoms with E-state index in [0.29, 0.717) is 12.0 Å². The number of hydrogen-bond donors (Lipinski definition) is 1. The number of carbonyl (C=O) groups excluding carboxylic acids is 4. The molecule has 0 spiro atoms. The van der Waals surface area contributed by atoms with Gasteiger partial charge in [0.2, 0.25) is 5.91 Å². The van der Waals surface area contributed by atoms with E-state index in [0.717, 1.165) is 44.9 Å². The predicted molar refractivity (Wildman–Crippen MR) is 299 cm³/mol. The quantitative estimate of drug-likeness (QED) is 0.0214. The molecule has 0 radical (unpaired) electrons. The van der Waals surface area contributed by atoms with E-state index >= 15 is 0 Å². The largest absolute Gasteiger partial charge is 0.509 e. The van der Waals surface area contributed by atoms with Crippen LogP contribution < -0.4 is 5.32 Å². The topological polar surface area (TPSA) is 182 Å². The molecule has 1 amide bonds. The summed E-state index contributed by atoms with van der Waals surface area (Å²) in [6.07, 6.45) is 24.1. The number of amides is 1. The number of methoxy groups -OCH3 is 3. The first-order valence-electron chi connectivity index (χ1n) is 29.4. The summed E-state index contributed by atoms with van der Waals surface area (Å²) < 4.78 is 64.9. The van der Waals surface area contributed by atoms with Crippen molar-refractivity contribution in [2.45, 2.75) is 283 Å². The zero-order valence-corrected chi connectivity index (χ0v) is 49.6. The molecule has 0 bridgehead atoms. The number of allylic oxidation sites excluding steroid dienone is 1. The van der Waals surface area contributed by atoms with E-state index < -0.39 is 85.4 Å². The molecule has 1 aliphatic heterocycles. The Balaban J connectivity index is 2.45. The highest BCUT2D eigenvalue weighted by molar-refractivity contribution is 5.89. The summed E-state index contributed by atoms with van der Waals surface area (Å²) in [7, 11) is 4.13. The van der Waals surface area contributed by atoms with Crippen molar-refractivity contribution in [3.05, 3.63) is 48.0 Å². The van der Waals surface area contributed by atoms with Gasteiger partial charge in [0.25, 0.3) is 6.48 Å². The van der Waals surface area contributed by atoms with Gasteiger partial charge in [0.1, 0.15) is 42.2 Å². The van der Waals surface area contributed by atoms with Crippen LogP contribution in [-0.2, 0) is 56.9 Å². The third kappa shape index (κ3) is 32.8. The highest BCUT2D eigenvalue weighted by atomic mass is 16.9. The van der Waals surface area contributed by atoms with Crippen molar-refractivity contribution >= 4 is 24.2 Å². The molecule has 1 heterocycles. The van der Waals surface area contributed by atoms with Crippen LogP contribution in [0.5, 0.6) is 0 Å². The third-order valence-electron chi connectivity index (χ3n) is 13.1. The van der Waals surface area contributed by atoms with E-state index in [1.807, 2.05) is 18.2 Å². The van der Waals surface area contributed by atoms with Gasteiger partial charge in [-0.15, -0.1) is 0 Å². The lowest BCUT2D eigenvalue weighted by molar-refractivity contribution is -0.362. The van der Waals surface area contributed by atoms with E-state index in [1.165, 1.54) is 130 Å². The summed E-state index contributed by atoms with van der Waals surface area (Å²) in [5.74, 6) is -0.803. The summed E-state index contributed by atoms with van der Waals surface area (Å²) in [5, 5.41) is 3.15. The molecule has 1 aromatic carbocycles. The molecule has 0 aromatic heterocycles. The average molecular weight is 1090 g/mol. The maximum atomic E-state index is 14.0. The van der Waals surface area contributed by atoms with Crippen LogP contribution in [0, 0.1) is 0 Å². The van der Waals surface area contributed by atoms with Crippen molar-refractivity contribution in [3.63, 3.8) is 0 Å². The van der Waals surface area contributed by atoms with Gasteiger partial charge in [0, 0.05) is 27.8 Å². The normalized spacial score (nSPS) is 18.7. The lowest BCUT2D eigenvalue weighted by Gasteiger charge is -2.45. The lowest BCUT2D eigenvalue weighted by Crippen LogP contribution is -2.63. The second-order valence-electron chi connectivity index (χ2n) is 22.4. The van der Waals surface area contributed by atoms with Gasteiger partial charge in [0.05, 0.1) is 18.2 Å². The van der Waals surface area contributed by atoms with Crippen LogP contribution in [0.25, 0.3) is 0 Å². The molecule has 2 rings (SSSR count). The smallest absolute Gasteiger partial charge is 0.452 e. The minimum Gasteiger partial charge on any atom is -0.452 e. The van der Waals surface area contributed by atoms with E-state index in [9.17, 15) is 19.2 Å². The molecule has 0 unspecified atom stereocenters. The van der Waals surface area contributed by atoms with Crippen LogP contribution in [0.15, 0.2) is 42.5 Å². The van der Waals surface area contributed by atoms with Crippen molar-refractivity contribution in [2.24, 2.45) is 0 Å². The fourth-order valence-corrected chi connectivity index (χ4v) is 9.02. The highest BCUT2D eigenvalue weighted by Gasteiger charge is 2.52. The second-order valence-corrected chi connectivity index (χ2v) is 22.4. The van der Waals surface area contributed by atoms with Crippen LogP contribution in [0.3, 0.4) is 0 Å². The Kier molecular flexibility index (Phi) is 37.1. The maximum absolute atomic E-state index is 14.0. The Labute approximate surface area is 464 Å². The monoisotopic (exact) mass is 1090 g/mol. The number of ether oxygens (including phenoxy) is 11. The first-order chi connectivity index (χ1) is 36.9. The fraction of sp³-hybridized carbons (Fsp3) is 0.803. The molecule has 1 aromatic rings. The summed E-state index contributed by atoms with van der Waals surface area (Å²) in [6, 6.07) is 7.76. The van der Waals surface area contributed by atoms with Gasteiger partial charge < -0.3 is 57.4 Å². The van der Waals surface area contributed by atoms with Crippen LogP contribution in [-0.4, -0.2) is 119 Å². The van der Waals surface area contributed by atoms with Gasteiger partial charge in [-0.1, -0.05) is 179 Å². The Morgan fingerprint density at radius 1 is 0.623 bits per heavy atom. The molecule has 7 atom stereocenters. The lowest BCUT2D eigenvalue weighted by atomic mass is 9.98. The summed E-state index contributed by atoms with van der Waals surface area (Å²) in [4.78, 5) is 54.2. The van der Waals surface area contributed by atoms with Crippen LogP contribution in [0.1, 0.15) is 233 Å². The number of nitrogens with one attached hydrogen (secondary N) is 1. The van der Waals surface area contributed by atoms with Gasteiger partial charge in [-0.2, -0.15) is 0 Å². The Bertz CT molecular complexity index is 1710. The average Bonchev–Trinajstić information content (AvgIpc) is 3.38.